The summed E-state index contributed by atoms with van der Waals surface area (Å²) >= 11 is 0. The number of carbonyl (C=O) groups is 1. The van der Waals surface area contributed by atoms with E-state index in [1.165, 1.54) is 37.3 Å². The zero-order valence-electron chi connectivity index (χ0n) is 18.3. The van der Waals surface area contributed by atoms with Crippen LogP contribution in [-0.4, -0.2) is 52.4 Å². The summed E-state index contributed by atoms with van der Waals surface area (Å²) in [6.45, 7) is 2.13. The predicted molar refractivity (Wildman–Crippen MR) is 121 cm³/mol. The van der Waals surface area contributed by atoms with Crippen LogP contribution in [0, 0.1) is 11.6 Å². The maximum absolute atomic E-state index is 14.5. The summed E-state index contributed by atoms with van der Waals surface area (Å²) in [5.74, 6) is -3.88. The molecular formula is C21H25F2N5O4S. The quantitative estimate of drug-likeness (QED) is 0.282. The van der Waals surface area contributed by atoms with Gasteiger partial charge in [0.05, 0.1) is 4.90 Å². The average molecular weight is 482 g/mol. The summed E-state index contributed by atoms with van der Waals surface area (Å²) in [5, 5.41) is 0. The topological polar surface area (TPSA) is 140 Å². The van der Waals surface area contributed by atoms with Crippen molar-refractivity contribution in [2.75, 3.05) is 27.2 Å². The van der Waals surface area contributed by atoms with Crippen LogP contribution in [0.5, 0.6) is 11.5 Å². The summed E-state index contributed by atoms with van der Waals surface area (Å²) in [7, 11) is -0.104. The van der Waals surface area contributed by atoms with Crippen LogP contribution < -0.4 is 20.9 Å². The highest BCUT2D eigenvalue weighted by molar-refractivity contribution is 7.89. The molecule has 0 aromatic heterocycles. The lowest BCUT2D eigenvalue weighted by Gasteiger charge is -2.12. The summed E-state index contributed by atoms with van der Waals surface area (Å²) in [4.78, 5) is 16.9. The number of guanidine groups is 1. The Morgan fingerprint density at radius 3 is 2.24 bits per heavy atom. The number of halogens is 2. The van der Waals surface area contributed by atoms with Crippen molar-refractivity contribution in [3.05, 3.63) is 59.2 Å². The molecule has 0 saturated heterocycles. The van der Waals surface area contributed by atoms with Crippen LogP contribution in [0.2, 0.25) is 0 Å². The first-order valence-electron chi connectivity index (χ1n) is 9.62. The molecule has 0 radical (unpaired) electrons. The Bertz CT molecular complexity index is 1150. The number of rotatable bonds is 9. The molecule has 0 spiro atoms. The average Bonchev–Trinajstić information content (AvgIpc) is 2.70. The number of nitrogens with one attached hydrogen (secondary N) is 1. The first-order chi connectivity index (χ1) is 15.4. The Labute approximate surface area is 190 Å². The zero-order chi connectivity index (χ0) is 24.8. The van der Waals surface area contributed by atoms with E-state index >= 15 is 0 Å². The molecule has 1 amide bonds. The SMILES string of the molecule is CC(=Cc1cc(F)c(Oc2ccc(S(=O)(=O)NCCN(C)C)cc2)c(F)c1)C(=O)N=C(N)N. The molecular weight excluding hydrogens is 456 g/mol. The van der Waals surface area contributed by atoms with Crippen LogP contribution in [0.4, 0.5) is 8.78 Å². The van der Waals surface area contributed by atoms with Gasteiger partial charge in [0.25, 0.3) is 5.91 Å². The fourth-order valence-electron chi connectivity index (χ4n) is 2.57. The van der Waals surface area contributed by atoms with Crippen molar-refractivity contribution in [2.24, 2.45) is 16.5 Å². The Balaban J connectivity index is 2.18. The fourth-order valence-corrected chi connectivity index (χ4v) is 3.59. The molecule has 0 aliphatic rings. The number of benzene rings is 2. The van der Waals surface area contributed by atoms with Crippen LogP contribution in [0.25, 0.3) is 6.08 Å². The molecule has 2 aromatic rings. The Hall–Kier alpha value is -3.35. The van der Waals surface area contributed by atoms with Gasteiger partial charge in [-0.05, 0) is 69.1 Å². The molecule has 0 aliphatic carbocycles. The lowest BCUT2D eigenvalue weighted by atomic mass is 10.1. The lowest BCUT2D eigenvalue weighted by Crippen LogP contribution is -2.31. The largest absolute Gasteiger partial charge is 0.451 e. The van der Waals surface area contributed by atoms with Gasteiger partial charge in [-0.1, -0.05) is 0 Å². The van der Waals surface area contributed by atoms with Crippen LogP contribution in [0.15, 0.2) is 51.9 Å². The van der Waals surface area contributed by atoms with Crippen molar-refractivity contribution in [2.45, 2.75) is 11.8 Å². The van der Waals surface area contributed by atoms with E-state index in [1.54, 1.807) is 0 Å². The van der Waals surface area contributed by atoms with Gasteiger partial charge >= 0.3 is 0 Å². The summed E-state index contributed by atoms with van der Waals surface area (Å²) in [6, 6.07) is 7.03. The van der Waals surface area contributed by atoms with Crippen molar-refractivity contribution in [3.8, 4) is 11.5 Å². The van der Waals surface area contributed by atoms with Crippen LogP contribution in [0.3, 0.4) is 0 Å². The molecule has 0 aliphatic heterocycles. The number of amides is 1. The van der Waals surface area contributed by atoms with E-state index in [1.807, 2.05) is 19.0 Å². The summed E-state index contributed by atoms with van der Waals surface area (Å²) in [5.41, 5.74) is 10.4. The van der Waals surface area contributed by atoms with Crippen molar-refractivity contribution >= 4 is 28.0 Å². The van der Waals surface area contributed by atoms with Gasteiger partial charge in [0.2, 0.25) is 10.0 Å². The third-order valence-electron chi connectivity index (χ3n) is 4.18. The molecule has 9 nitrogen and oxygen atoms in total. The van der Waals surface area contributed by atoms with E-state index in [-0.39, 0.29) is 28.3 Å². The summed E-state index contributed by atoms with van der Waals surface area (Å²) in [6.07, 6.45) is 1.22. The maximum atomic E-state index is 14.5. The number of aliphatic imine (C=N–C) groups is 1. The highest BCUT2D eigenvalue weighted by atomic mass is 32.2. The molecule has 5 N–H and O–H groups in total. The Morgan fingerprint density at radius 2 is 1.73 bits per heavy atom. The molecule has 2 aromatic carbocycles. The van der Waals surface area contributed by atoms with E-state index in [2.05, 4.69) is 9.71 Å². The van der Waals surface area contributed by atoms with E-state index in [9.17, 15) is 22.0 Å². The third kappa shape index (κ3) is 7.63. The molecule has 0 saturated carbocycles. The minimum Gasteiger partial charge on any atom is -0.451 e. The molecule has 0 heterocycles. The second kappa shape index (κ2) is 11.0. The highest BCUT2D eigenvalue weighted by Crippen LogP contribution is 2.30. The van der Waals surface area contributed by atoms with Crippen molar-refractivity contribution < 1.29 is 26.7 Å². The van der Waals surface area contributed by atoms with Gasteiger partial charge in [0, 0.05) is 18.7 Å². The number of nitrogens with two attached hydrogens (primary N) is 2. The van der Waals surface area contributed by atoms with E-state index in [4.69, 9.17) is 16.2 Å². The number of carbonyl (C=O) groups excluding carboxylic acids is 1. The van der Waals surface area contributed by atoms with Gasteiger partial charge in [0.15, 0.2) is 23.3 Å². The smallest absolute Gasteiger partial charge is 0.275 e. The third-order valence-corrected chi connectivity index (χ3v) is 5.65. The number of sulfonamides is 1. The van der Waals surface area contributed by atoms with Gasteiger partial charge in [-0.25, -0.2) is 21.9 Å². The number of likely N-dealkylation sites (N-methyl/N-ethyl adjacent to an activating group) is 1. The highest BCUT2D eigenvalue weighted by Gasteiger charge is 2.16. The van der Waals surface area contributed by atoms with Gasteiger partial charge in [0.1, 0.15) is 5.75 Å². The number of ether oxygens (including phenoxy) is 1. The monoisotopic (exact) mass is 481 g/mol. The molecule has 0 bridgehead atoms. The molecule has 0 unspecified atom stereocenters. The predicted octanol–water partition coefficient (Wildman–Crippen LogP) is 1.80. The molecule has 2 rings (SSSR count). The van der Waals surface area contributed by atoms with Crippen LogP contribution >= 0.6 is 0 Å². The lowest BCUT2D eigenvalue weighted by molar-refractivity contribution is -0.114. The minimum absolute atomic E-state index is 0.0176. The fraction of sp³-hybridized carbons (Fsp3) is 0.238. The number of hydrogen-bond acceptors (Lipinski definition) is 5. The number of hydrogen-bond donors (Lipinski definition) is 3. The van der Waals surface area contributed by atoms with Crippen molar-refractivity contribution in [3.63, 3.8) is 0 Å². The van der Waals surface area contributed by atoms with Gasteiger partial charge in [-0.15, -0.1) is 0 Å². The normalized spacial score (nSPS) is 12.0. The van der Waals surface area contributed by atoms with Gasteiger partial charge in [-0.3, -0.25) is 4.79 Å². The standard InChI is InChI=1S/C21H25F2N5O4S/c1-13(20(29)27-21(24)25)10-14-11-17(22)19(18(23)12-14)32-15-4-6-16(7-5-15)33(30,31)26-8-9-28(2)3/h4-7,10-12,26H,8-9H2,1-3H3,(H4,24,25,27,29). The van der Waals surface area contributed by atoms with Crippen LogP contribution in [0.1, 0.15) is 12.5 Å². The second-order valence-electron chi connectivity index (χ2n) is 7.26. The van der Waals surface area contributed by atoms with E-state index in [0.717, 1.165) is 12.1 Å². The first-order valence-corrected chi connectivity index (χ1v) is 11.1. The van der Waals surface area contributed by atoms with Crippen LogP contribution in [-0.2, 0) is 14.8 Å². The molecule has 178 valence electrons. The van der Waals surface area contributed by atoms with E-state index in [0.29, 0.717) is 6.54 Å². The Morgan fingerprint density at radius 1 is 1.15 bits per heavy atom. The molecule has 12 heteroatoms. The minimum atomic E-state index is -3.73. The van der Waals surface area contributed by atoms with Gasteiger partial charge < -0.3 is 21.1 Å². The van der Waals surface area contributed by atoms with E-state index < -0.39 is 39.3 Å². The first kappa shape index (κ1) is 25.9. The second-order valence-corrected chi connectivity index (χ2v) is 9.02. The van der Waals surface area contributed by atoms with Gasteiger partial charge in [-0.2, -0.15) is 4.99 Å². The molecule has 33 heavy (non-hydrogen) atoms. The molecule has 0 fully saturated rings. The maximum Gasteiger partial charge on any atom is 0.275 e. The zero-order valence-corrected chi connectivity index (χ0v) is 19.1. The van der Waals surface area contributed by atoms with Crippen molar-refractivity contribution in [1.82, 2.24) is 9.62 Å². The Kier molecular flexibility index (Phi) is 8.63. The molecule has 0 atom stereocenters. The van der Waals surface area contributed by atoms with Crippen molar-refractivity contribution in [1.29, 1.82) is 0 Å². The number of nitrogens with zero attached hydrogens (tertiary/aromatic N) is 2. The summed E-state index contributed by atoms with van der Waals surface area (Å²) < 4.78 is 61.2.